The molecule has 0 atom stereocenters. The number of nitrogens with two attached hydrogens (primary N) is 2. The predicted molar refractivity (Wildman–Crippen MR) is 126 cm³/mol. The number of hydrogen-bond acceptors (Lipinski definition) is 6. The molecule has 4 rings (SSSR count). The van der Waals surface area contributed by atoms with Gasteiger partial charge in [-0.05, 0) is 94.4 Å². The van der Waals surface area contributed by atoms with Crippen molar-refractivity contribution in [1.29, 1.82) is 0 Å². The third-order valence-corrected chi connectivity index (χ3v) is 6.58. The van der Waals surface area contributed by atoms with Crippen molar-refractivity contribution in [3.63, 3.8) is 0 Å². The fourth-order valence-electron chi connectivity index (χ4n) is 2.62. The molecule has 0 heterocycles. The van der Waals surface area contributed by atoms with Gasteiger partial charge in [0.2, 0.25) is 0 Å². The van der Waals surface area contributed by atoms with Gasteiger partial charge in [0, 0.05) is 11.4 Å². The van der Waals surface area contributed by atoms with Crippen LogP contribution in [0.25, 0.3) is 0 Å². The molecule has 0 unspecified atom stereocenters. The third-order valence-electron chi connectivity index (χ3n) is 4.14. The monoisotopic (exact) mass is 432 g/mol. The Morgan fingerprint density at radius 3 is 1.23 bits per heavy atom. The van der Waals surface area contributed by atoms with Gasteiger partial charge in [-0.1, -0.05) is 24.3 Å². The lowest BCUT2D eigenvalue weighted by atomic mass is 10.3. The van der Waals surface area contributed by atoms with Crippen molar-refractivity contribution in [1.82, 2.24) is 0 Å². The van der Waals surface area contributed by atoms with Crippen LogP contribution in [0.2, 0.25) is 0 Å². The van der Waals surface area contributed by atoms with E-state index in [9.17, 15) is 0 Å². The standard InChI is InChI=1S/C24H20N2O2S2/c25-17-9-13-19(14-10-17)27-21-5-1-3-7-23(21)29-30-24-8-4-2-6-22(24)28-20-15-11-18(26)12-16-20/h1-16H,25-26H2. The topological polar surface area (TPSA) is 70.5 Å². The second-order valence-electron chi connectivity index (χ2n) is 6.40. The SMILES string of the molecule is Nc1ccc(Oc2ccccc2SSc2ccccc2Oc2ccc(N)cc2)cc1. The Morgan fingerprint density at radius 2 is 0.833 bits per heavy atom. The van der Waals surface area contributed by atoms with Crippen molar-refractivity contribution in [2.24, 2.45) is 0 Å². The largest absolute Gasteiger partial charge is 0.456 e. The van der Waals surface area contributed by atoms with Crippen molar-refractivity contribution in [3.05, 3.63) is 97.1 Å². The van der Waals surface area contributed by atoms with Crippen molar-refractivity contribution in [2.75, 3.05) is 11.5 Å². The number of rotatable bonds is 7. The normalized spacial score (nSPS) is 10.5. The number of hydrogen-bond donors (Lipinski definition) is 2. The molecule has 0 saturated heterocycles. The first-order valence-electron chi connectivity index (χ1n) is 9.27. The molecule has 0 saturated carbocycles. The van der Waals surface area contributed by atoms with Crippen molar-refractivity contribution < 1.29 is 9.47 Å². The van der Waals surface area contributed by atoms with Crippen molar-refractivity contribution in [3.8, 4) is 23.0 Å². The van der Waals surface area contributed by atoms with Gasteiger partial charge in [-0.15, -0.1) is 0 Å². The molecule has 0 aliphatic heterocycles. The van der Waals surface area contributed by atoms with Crippen LogP contribution in [0.5, 0.6) is 23.0 Å². The molecule has 4 N–H and O–H groups in total. The predicted octanol–water partition coefficient (Wildman–Crippen LogP) is 7.24. The lowest BCUT2D eigenvalue weighted by molar-refractivity contribution is 0.470. The maximum Gasteiger partial charge on any atom is 0.141 e. The van der Waals surface area contributed by atoms with Crippen LogP contribution >= 0.6 is 21.6 Å². The molecule has 6 heteroatoms. The number of anilines is 2. The summed E-state index contributed by atoms with van der Waals surface area (Å²) in [7, 11) is 3.23. The van der Waals surface area contributed by atoms with Gasteiger partial charge in [-0.2, -0.15) is 0 Å². The van der Waals surface area contributed by atoms with Crippen LogP contribution in [0.15, 0.2) is 107 Å². The molecule has 0 aliphatic carbocycles. The molecular weight excluding hydrogens is 412 g/mol. The number of benzene rings is 4. The van der Waals surface area contributed by atoms with Crippen LogP contribution in [0.4, 0.5) is 11.4 Å². The molecule has 0 aliphatic rings. The van der Waals surface area contributed by atoms with Gasteiger partial charge in [0.1, 0.15) is 23.0 Å². The smallest absolute Gasteiger partial charge is 0.141 e. The van der Waals surface area contributed by atoms with E-state index in [-0.39, 0.29) is 0 Å². The second-order valence-corrected chi connectivity index (χ2v) is 8.62. The molecule has 4 nitrogen and oxygen atoms in total. The molecule has 150 valence electrons. The highest BCUT2D eigenvalue weighted by Gasteiger charge is 2.10. The molecule has 0 radical (unpaired) electrons. The molecule has 0 fully saturated rings. The summed E-state index contributed by atoms with van der Waals surface area (Å²) >= 11 is 0. The van der Waals surface area contributed by atoms with E-state index in [0.717, 1.165) is 32.8 Å². The first kappa shape index (κ1) is 20.1. The van der Waals surface area contributed by atoms with Gasteiger partial charge in [0.25, 0.3) is 0 Å². The van der Waals surface area contributed by atoms with Gasteiger partial charge in [-0.25, -0.2) is 0 Å². The van der Waals surface area contributed by atoms with E-state index in [0.29, 0.717) is 11.4 Å². The molecule has 0 bridgehead atoms. The van der Waals surface area contributed by atoms with Gasteiger partial charge in [0.15, 0.2) is 0 Å². The quantitative estimate of drug-likeness (QED) is 0.237. The summed E-state index contributed by atoms with van der Waals surface area (Å²) in [4.78, 5) is 2.03. The van der Waals surface area contributed by atoms with Crippen LogP contribution in [0.1, 0.15) is 0 Å². The summed E-state index contributed by atoms with van der Waals surface area (Å²) in [6.07, 6.45) is 0. The Morgan fingerprint density at radius 1 is 0.467 bits per heavy atom. The number of nitrogen functional groups attached to an aromatic ring is 2. The highest BCUT2D eigenvalue weighted by molar-refractivity contribution is 8.76. The van der Waals surface area contributed by atoms with E-state index < -0.39 is 0 Å². The highest BCUT2D eigenvalue weighted by Crippen LogP contribution is 2.46. The summed E-state index contributed by atoms with van der Waals surface area (Å²) < 4.78 is 12.1. The van der Waals surface area contributed by atoms with E-state index >= 15 is 0 Å². The first-order valence-corrected chi connectivity index (χ1v) is 11.4. The van der Waals surface area contributed by atoms with Crippen LogP contribution < -0.4 is 20.9 Å². The Hall–Kier alpha value is -3.22. The lowest BCUT2D eigenvalue weighted by Gasteiger charge is -2.13. The Kier molecular flexibility index (Phi) is 6.37. The summed E-state index contributed by atoms with van der Waals surface area (Å²) in [6.45, 7) is 0. The number of ether oxygens (including phenoxy) is 2. The van der Waals surface area contributed by atoms with Crippen LogP contribution in [0, 0.1) is 0 Å². The van der Waals surface area contributed by atoms with Crippen molar-refractivity contribution in [2.45, 2.75) is 9.79 Å². The Bertz CT molecular complexity index is 1030. The third kappa shape index (κ3) is 5.23. The lowest BCUT2D eigenvalue weighted by Crippen LogP contribution is -1.89. The summed E-state index contributed by atoms with van der Waals surface area (Å²) in [5.74, 6) is 3.07. The molecular formula is C24H20N2O2S2. The highest BCUT2D eigenvalue weighted by atomic mass is 33.1. The Labute approximate surface area is 183 Å². The molecule has 30 heavy (non-hydrogen) atoms. The maximum atomic E-state index is 6.06. The molecule has 0 aromatic heterocycles. The van der Waals surface area contributed by atoms with E-state index in [1.165, 1.54) is 0 Å². The van der Waals surface area contributed by atoms with Crippen molar-refractivity contribution >= 4 is 33.0 Å². The molecule has 4 aromatic carbocycles. The molecule has 0 spiro atoms. The zero-order valence-electron chi connectivity index (χ0n) is 16.0. The van der Waals surface area contributed by atoms with E-state index in [2.05, 4.69) is 0 Å². The Balaban J connectivity index is 1.49. The van der Waals surface area contributed by atoms with Crippen LogP contribution in [-0.2, 0) is 0 Å². The average molecular weight is 433 g/mol. The summed E-state index contributed by atoms with van der Waals surface area (Å²) in [5.41, 5.74) is 12.9. The van der Waals surface area contributed by atoms with E-state index in [1.807, 2.05) is 97.1 Å². The van der Waals surface area contributed by atoms with Gasteiger partial charge < -0.3 is 20.9 Å². The van der Waals surface area contributed by atoms with Crippen LogP contribution in [0.3, 0.4) is 0 Å². The fourth-order valence-corrected chi connectivity index (χ4v) is 4.82. The summed E-state index contributed by atoms with van der Waals surface area (Å²) in [5, 5.41) is 0. The maximum absolute atomic E-state index is 6.06. The summed E-state index contributed by atoms with van der Waals surface area (Å²) in [6, 6.07) is 30.6. The van der Waals surface area contributed by atoms with Gasteiger partial charge >= 0.3 is 0 Å². The first-order chi connectivity index (χ1) is 14.7. The van der Waals surface area contributed by atoms with E-state index in [4.69, 9.17) is 20.9 Å². The minimum absolute atomic E-state index is 0.707. The zero-order chi connectivity index (χ0) is 20.8. The van der Waals surface area contributed by atoms with Gasteiger partial charge in [-0.3, -0.25) is 0 Å². The van der Waals surface area contributed by atoms with Gasteiger partial charge in [0.05, 0.1) is 9.79 Å². The van der Waals surface area contributed by atoms with Crippen LogP contribution in [-0.4, -0.2) is 0 Å². The second kappa shape index (κ2) is 9.52. The fraction of sp³-hybridized carbons (Fsp3) is 0. The minimum atomic E-state index is 0.707. The zero-order valence-corrected chi connectivity index (χ0v) is 17.7. The minimum Gasteiger partial charge on any atom is -0.456 e. The molecule has 0 amide bonds. The van der Waals surface area contributed by atoms with E-state index in [1.54, 1.807) is 21.6 Å². The number of para-hydroxylation sites is 2. The average Bonchev–Trinajstić information content (AvgIpc) is 2.77. The molecule has 4 aromatic rings.